The first-order valence-corrected chi connectivity index (χ1v) is 9.42. The average molecular weight is 398 g/mol. The standard InChI is InChI=1S/C22H26N2O5/c1-23-17-11-14-5-8-16(9-6-14)29-20-13-15(7-10-19(20)27-3)12-18(22(26)28-4)24(2)21(17)25/h5-10,13,17-18,23H,11-12H2,1-4H3/t17-,18+/m0/s1. The first kappa shape index (κ1) is 20.7. The Labute approximate surface area is 170 Å². The number of carbonyl (C=O) groups is 2. The number of likely N-dealkylation sites (N-methyl/N-ethyl adjacent to an activating group) is 2. The van der Waals surface area contributed by atoms with Crippen LogP contribution in [0.25, 0.3) is 0 Å². The van der Waals surface area contributed by atoms with Gasteiger partial charge in [-0.15, -0.1) is 0 Å². The molecule has 29 heavy (non-hydrogen) atoms. The first-order valence-electron chi connectivity index (χ1n) is 9.42. The maximum absolute atomic E-state index is 13.1. The Bertz CT molecular complexity index is 881. The van der Waals surface area contributed by atoms with Gasteiger partial charge in [0.2, 0.25) is 5.91 Å². The van der Waals surface area contributed by atoms with Gasteiger partial charge < -0.3 is 24.4 Å². The van der Waals surface area contributed by atoms with Crippen molar-refractivity contribution in [3.8, 4) is 17.2 Å². The molecule has 2 aromatic carbocycles. The number of fused-ring (bicyclic) bond motifs is 7. The number of methoxy groups -OCH3 is 2. The fraction of sp³-hybridized carbons (Fsp3) is 0.364. The van der Waals surface area contributed by atoms with Gasteiger partial charge in [0.1, 0.15) is 11.8 Å². The molecule has 2 aromatic rings. The minimum atomic E-state index is -0.756. The summed E-state index contributed by atoms with van der Waals surface area (Å²) in [6.45, 7) is 0. The Morgan fingerprint density at radius 2 is 1.79 bits per heavy atom. The molecule has 0 radical (unpaired) electrons. The van der Waals surface area contributed by atoms with Crippen molar-refractivity contribution in [2.45, 2.75) is 24.9 Å². The van der Waals surface area contributed by atoms with Gasteiger partial charge in [-0.2, -0.15) is 0 Å². The number of hydrogen-bond donors (Lipinski definition) is 1. The topological polar surface area (TPSA) is 77.1 Å². The molecule has 7 heteroatoms. The zero-order valence-electron chi connectivity index (χ0n) is 17.1. The van der Waals surface area contributed by atoms with Gasteiger partial charge in [0, 0.05) is 13.5 Å². The second kappa shape index (κ2) is 8.96. The Morgan fingerprint density at radius 3 is 2.41 bits per heavy atom. The maximum Gasteiger partial charge on any atom is 0.328 e. The summed E-state index contributed by atoms with van der Waals surface area (Å²) in [6, 6.07) is 11.8. The molecule has 2 aliphatic heterocycles. The van der Waals surface area contributed by atoms with Gasteiger partial charge in [-0.05, 0) is 48.9 Å². The zero-order chi connectivity index (χ0) is 21.0. The normalized spacial score (nSPS) is 19.3. The fourth-order valence-corrected chi connectivity index (χ4v) is 3.43. The number of esters is 1. The van der Waals surface area contributed by atoms with Crippen LogP contribution in [0.1, 0.15) is 11.1 Å². The molecule has 0 fully saturated rings. The predicted molar refractivity (Wildman–Crippen MR) is 108 cm³/mol. The van der Waals surface area contributed by atoms with Crippen molar-refractivity contribution in [2.75, 3.05) is 28.3 Å². The van der Waals surface area contributed by atoms with Crippen LogP contribution in [-0.2, 0) is 27.2 Å². The van der Waals surface area contributed by atoms with Gasteiger partial charge in [0.25, 0.3) is 0 Å². The van der Waals surface area contributed by atoms with Crippen LogP contribution in [0.15, 0.2) is 42.5 Å². The molecule has 4 rings (SSSR count). The van der Waals surface area contributed by atoms with Crippen LogP contribution in [0.3, 0.4) is 0 Å². The fourth-order valence-electron chi connectivity index (χ4n) is 3.43. The molecule has 4 bridgehead atoms. The van der Waals surface area contributed by atoms with Gasteiger partial charge >= 0.3 is 5.97 Å². The summed E-state index contributed by atoms with van der Waals surface area (Å²) in [6.07, 6.45) is 0.783. The van der Waals surface area contributed by atoms with Crippen LogP contribution in [0.4, 0.5) is 0 Å². The van der Waals surface area contributed by atoms with E-state index >= 15 is 0 Å². The van der Waals surface area contributed by atoms with Gasteiger partial charge in [-0.1, -0.05) is 18.2 Å². The van der Waals surface area contributed by atoms with Crippen molar-refractivity contribution < 1.29 is 23.8 Å². The lowest BCUT2D eigenvalue weighted by Gasteiger charge is -2.30. The third-order valence-corrected chi connectivity index (χ3v) is 5.18. The molecule has 0 aliphatic carbocycles. The number of nitrogens with one attached hydrogen (secondary N) is 1. The van der Waals surface area contributed by atoms with E-state index in [1.54, 1.807) is 27.3 Å². The Kier molecular flexibility index (Phi) is 6.39. The van der Waals surface area contributed by atoms with E-state index in [0.29, 0.717) is 30.1 Å². The molecule has 7 nitrogen and oxygen atoms in total. The number of rotatable bonds is 3. The molecule has 2 aliphatic rings. The number of benzene rings is 2. The summed E-state index contributed by atoms with van der Waals surface area (Å²) < 4.78 is 16.4. The van der Waals surface area contributed by atoms with E-state index in [2.05, 4.69) is 5.32 Å². The van der Waals surface area contributed by atoms with E-state index in [1.165, 1.54) is 12.0 Å². The van der Waals surface area contributed by atoms with Gasteiger partial charge in [-0.3, -0.25) is 4.79 Å². The average Bonchev–Trinajstić information content (AvgIpc) is 2.75. The lowest BCUT2D eigenvalue weighted by molar-refractivity contribution is -0.152. The lowest BCUT2D eigenvalue weighted by atomic mass is 10.0. The largest absolute Gasteiger partial charge is 0.493 e. The highest BCUT2D eigenvalue weighted by atomic mass is 16.5. The number of nitrogens with zero attached hydrogens (tertiary/aromatic N) is 1. The van der Waals surface area contributed by atoms with Crippen molar-refractivity contribution in [3.63, 3.8) is 0 Å². The van der Waals surface area contributed by atoms with E-state index in [-0.39, 0.29) is 5.91 Å². The van der Waals surface area contributed by atoms with E-state index in [9.17, 15) is 9.59 Å². The molecule has 2 heterocycles. The van der Waals surface area contributed by atoms with Gasteiger partial charge in [0.15, 0.2) is 11.5 Å². The molecular weight excluding hydrogens is 372 g/mol. The second-order valence-electron chi connectivity index (χ2n) is 6.97. The molecule has 0 spiro atoms. The van der Waals surface area contributed by atoms with Crippen LogP contribution in [0, 0.1) is 0 Å². The molecule has 154 valence electrons. The number of ether oxygens (including phenoxy) is 3. The monoisotopic (exact) mass is 398 g/mol. The highest BCUT2D eigenvalue weighted by molar-refractivity contribution is 5.87. The SMILES string of the molecule is CN[C@H]1Cc2ccc(cc2)Oc2cc(ccc2OC)C[C@H](C(=O)OC)N(C)C1=O. The molecule has 0 saturated heterocycles. The van der Waals surface area contributed by atoms with Crippen LogP contribution in [0.2, 0.25) is 0 Å². The van der Waals surface area contributed by atoms with Crippen LogP contribution < -0.4 is 14.8 Å². The third kappa shape index (κ3) is 4.51. The molecule has 1 amide bonds. The summed E-state index contributed by atoms with van der Waals surface area (Å²) >= 11 is 0. The minimum Gasteiger partial charge on any atom is -0.493 e. The molecular formula is C22H26N2O5. The molecule has 1 N–H and O–H groups in total. The molecule has 0 unspecified atom stereocenters. The van der Waals surface area contributed by atoms with E-state index < -0.39 is 18.1 Å². The van der Waals surface area contributed by atoms with E-state index in [1.807, 2.05) is 36.4 Å². The van der Waals surface area contributed by atoms with Crippen LogP contribution >= 0.6 is 0 Å². The minimum absolute atomic E-state index is 0.172. The van der Waals surface area contributed by atoms with E-state index in [4.69, 9.17) is 14.2 Å². The second-order valence-corrected chi connectivity index (χ2v) is 6.97. The number of carbonyl (C=O) groups excluding carboxylic acids is 2. The number of hydrogen-bond acceptors (Lipinski definition) is 6. The van der Waals surface area contributed by atoms with Gasteiger partial charge in [-0.25, -0.2) is 4.79 Å². The molecule has 2 atom stereocenters. The van der Waals surface area contributed by atoms with E-state index in [0.717, 1.165) is 11.1 Å². The summed E-state index contributed by atoms with van der Waals surface area (Å²) in [5, 5.41) is 3.06. The number of amides is 1. The van der Waals surface area contributed by atoms with Crippen LogP contribution in [-0.4, -0.2) is 57.2 Å². The first-order chi connectivity index (χ1) is 14.0. The quantitative estimate of drug-likeness (QED) is 0.799. The summed E-state index contributed by atoms with van der Waals surface area (Å²) in [7, 11) is 6.26. The van der Waals surface area contributed by atoms with Gasteiger partial charge in [0.05, 0.1) is 20.3 Å². The van der Waals surface area contributed by atoms with Crippen molar-refractivity contribution in [1.82, 2.24) is 10.2 Å². The summed E-state index contributed by atoms with van der Waals surface area (Å²) in [5.74, 6) is 1.15. The van der Waals surface area contributed by atoms with Crippen molar-refractivity contribution in [3.05, 3.63) is 53.6 Å². The lowest BCUT2D eigenvalue weighted by Crippen LogP contribution is -2.52. The summed E-state index contributed by atoms with van der Waals surface area (Å²) in [5.41, 5.74) is 1.80. The molecule has 0 saturated carbocycles. The van der Waals surface area contributed by atoms with Crippen molar-refractivity contribution >= 4 is 11.9 Å². The Hall–Kier alpha value is -3.06. The molecule has 0 aromatic heterocycles. The maximum atomic E-state index is 13.1. The smallest absolute Gasteiger partial charge is 0.328 e. The Morgan fingerprint density at radius 1 is 1.10 bits per heavy atom. The third-order valence-electron chi connectivity index (χ3n) is 5.18. The highest BCUT2D eigenvalue weighted by Crippen LogP contribution is 2.33. The summed E-state index contributed by atoms with van der Waals surface area (Å²) in [4.78, 5) is 27.1. The predicted octanol–water partition coefficient (Wildman–Crippen LogP) is 2.17. The van der Waals surface area contributed by atoms with Crippen LogP contribution in [0.5, 0.6) is 17.2 Å². The zero-order valence-corrected chi connectivity index (χ0v) is 17.1. The Balaban J connectivity index is 2.09. The highest BCUT2D eigenvalue weighted by Gasteiger charge is 2.32. The van der Waals surface area contributed by atoms with Crippen molar-refractivity contribution in [1.29, 1.82) is 0 Å². The van der Waals surface area contributed by atoms with Crippen molar-refractivity contribution in [2.24, 2.45) is 0 Å².